The van der Waals surface area contributed by atoms with Gasteiger partial charge >= 0.3 is 5.97 Å². The van der Waals surface area contributed by atoms with E-state index < -0.39 is 30.0 Å². The van der Waals surface area contributed by atoms with Crippen molar-refractivity contribution >= 4 is 17.8 Å². The van der Waals surface area contributed by atoms with E-state index in [1.165, 1.54) is 7.11 Å². The topological polar surface area (TPSA) is 115 Å². The van der Waals surface area contributed by atoms with E-state index in [4.69, 9.17) is 14.2 Å². The molecule has 0 saturated heterocycles. The van der Waals surface area contributed by atoms with Crippen molar-refractivity contribution < 1.29 is 28.6 Å². The third kappa shape index (κ3) is 5.09. The quantitative estimate of drug-likeness (QED) is 0.557. The van der Waals surface area contributed by atoms with Crippen molar-refractivity contribution in [2.45, 2.75) is 37.4 Å². The Morgan fingerprint density at radius 2 is 1.57 bits per heavy atom. The van der Waals surface area contributed by atoms with E-state index in [1.807, 2.05) is 36.4 Å². The molecule has 2 aliphatic rings. The van der Waals surface area contributed by atoms with Crippen molar-refractivity contribution in [3.8, 4) is 22.6 Å². The molecule has 2 aromatic rings. The number of rotatable bonds is 5. The van der Waals surface area contributed by atoms with E-state index in [0.717, 1.165) is 29.5 Å². The van der Waals surface area contributed by atoms with Crippen LogP contribution in [0.3, 0.4) is 0 Å². The molecule has 35 heavy (non-hydrogen) atoms. The zero-order valence-electron chi connectivity index (χ0n) is 20.3. The summed E-state index contributed by atoms with van der Waals surface area (Å²) in [7, 11) is 6.14. The van der Waals surface area contributed by atoms with Gasteiger partial charge in [-0.3, -0.25) is 9.59 Å². The Balaban J connectivity index is 1.89. The SMILES string of the molecule is CN[C@@H]1C(=O)N[C@@H](C2CC2)C(=O)N[C@H](C(=O)OC)Cc2ccc(OC)c(c2)-c2cc1ccc2OC. The first-order chi connectivity index (χ1) is 16.9. The van der Waals surface area contributed by atoms with Crippen molar-refractivity contribution in [2.75, 3.05) is 28.4 Å². The predicted molar refractivity (Wildman–Crippen MR) is 129 cm³/mol. The zero-order chi connectivity index (χ0) is 25.1. The monoisotopic (exact) mass is 481 g/mol. The van der Waals surface area contributed by atoms with Gasteiger partial charge in [0.15, 0.2) is 0 Å². The molecule has 9 heteroatoms. The minimum absolute atomic E-state index is 0.0293. The number of carbonyl (C=O) groups is 3. The lowest BCUT2D eigenvalue weighted by atomic mass is 9.94. The Hall–Kier alpha value is -3.59. The highest BCUT2D eigenvalue weighted by Gasteiger charge is 2.40. The van der Waals surface area contributed by atoms with Gasteiger partial charge in [-0.25, -0.2) is 4.79 Å². The molecule has 3 atom stereocenters. The molecule has 0 aromatic heterocycles. The van der Waals surface area contributed by atoms with Crippen LogP contribution in [-0.2, 0) is 25.5 Å². The molecule has 0 radical (unpaired) electrons. The summed E-state index contributed by atoms with van der Waals surface area (Å²) >= 11 is 0. The molecule has 1 aliphatic heterocycles. The van der Waals surface area contributed by atoms with E-state index in [0.29, 0.717) is 17.1 Å². The summed E-state index contributed by atoms with van der Waals surface area (Å²) in [6, 6.07) is 8.73. The molecule has 9 nitrogen and oxygen atoms in total. The molecule has 186 valence electrons. The van der Waals surface area contributed by atoms with E-state index in [9.17, 15) is 14.4 Å². The second kappa shape index (κ2) is 10.4. The van der Waals surface area contributed by atoms with Gasteiger partial charge in [-0.2, -0.15) is 0 Å². The van der Waals surface area contributed by atoms with E-state index in [1.54, 1.807) is 21.3 Å². The smallest absolute Gasteiger partial charge is 0.328 e. The van der Waals surface area contributed by atoms with Crippen LogP contribution in [0.25, 0.3) is 11.1 Å². The van der Waals surface area contributed by atoms with Crippen molar-refractivity contribution in [3.63, 3.8) is 0 Å². The largest absolute Gasteiger partial charge is 0.496 e. The first-order valence-electron chi connectivity index (χ1n) is 11.6. The third-order valence-corrected chi connectivity index (χ3v) is 6.58. The van der Waals surface area contributed by atoms with Crippen molar-refractivity contribution in [1.29, 1.82) is 0 Å². The zero-order valence-corrected chi connectivity index (χ0v) is 20.3. The molecule has 3 N–H and O–H groups in total. The van der Waals surface area contributed by atoms with Gasteiger partial charge < -0.3 is 30.2 Å². The van der Waals surface area contributed by atoms with Crippen LogP contribution < -0.4 is 25.4 Å². The molecule has 2 aromatic carbocycles. The number of hydrogen-bond acceptors (Lipinski definition) is 7. The van der Waals surface area contributed by atoms with Crippen LogP contribution in [0.15, 0.2) is 36.4 Å². The maximum atomic E-state index is 13.3. The van der Waals surface area contributed by atoms with Crippen LogP contribution in [-0.4, -0.2) is 58.2 Å². The van der Waals surface area contributed by atoms with Gasteiger partial charge in [0.1, 0.15) is 29.6 Å². The first kappa shape index (κ1) is 24.5. The van der Waals surface area contributed by atoms with Gasteiger partial charge in [-0.1, -0.05) is 12.1 Å². The number of benzene rings is 2. The Kier molecular flexibility index (Phi) is 7.25. The van der Waals surface area contributed by atoms with Crippen molar-refractivity contribution in [1.82, 2.24) is 16.0 Å². The van der Waals surface area contributed by atoms with Crippen molar-refractivity contribution in [2.24, 2.45) is 5.92 Å². The average Bonchev–Trinajstić information content (AvgIpc) is 3.71. The van der Waals surface area contributed by atoms with Crippen LogP contribution in [0, 0.1) is 5.92 Å². The molecule has 1 aliphatic carbocycles. The highest BCUT2D eigenvalue weighted by molar-refractivity contribution is 5.93. The van der Waals surface area contributed by atoms with Gasteiger partial charge in [0.25, 0.3) is 0 Å². The van der Waals surface area contributed by atoms with Crippen LogP contribution in [0.1, 0.15) is 30.0 Å². The molecule has 0 unspecified atom stereocenters. The second-order valence-electron chi connectivity index (χ2n) is 8.83. The van der Waals surface area contributed by atoms with Crippen LogP contribution >= 0.6 is 0 Å². The minimum atomic E-state index is -0.914. The Morgan fingerprint density at radius 1 is 0.914 bits per heavy atom. The number of methoxy groups -OCH3 is 3. The summed E-state index contributed by atoms with van der Waals surface area (Å²) in [6.45, 7) is 0. The van der Waals surface area contributed by atoms with Crippen LogP contribution in [0.5, 0.6) is 11.5 Å². The summed E-state index contributed by atoms with van der Waals surface area (Å²) in [5.41, 5.74) is 3.00. The maximum absolute atomic E-state index is 13.3. The lowest BCUT2D eigenvalue weighted by Crippen LogP contribution is -2.54. The van der Waals surface area contributed by atoms with Crippen LogP contribution in [0.4, 0.5) is 0 Å². The fraction of sp³-hybridized carbons (Fsp3) is 0.423. The fourth-order valence-electron chi connectivity index (χ4n) is 4.55. The molecular formula is C26H31N3O6. The number of amides is 2. The molecule has 4 rings (SSSR count). The number of fused-ring (bicyclic) bond motifs is 5. The molecule has 1 saturated carbocycles. The molecule has 0 spiro atoms. The molecule has 1 heterocycles. The standard InChI is InChI=1S/C26H31N3O6/c1-27-22-16-8-10-21(34-3)18(13-16)17-11-14(5-9-20(17)33-2)12-19(26(32)35-4)28-25(31)23(15-6-7-15)29-24(22)30/h5,8-11,13,15,19,22-23,27H,6-7,12H2,1-4H3,(H,28,31)(H,29,30)/t19-,22-,23-/m0/s1. The minimum Gasteiger partial charge on any atom is -0.496 e. The van der Waals surface area contributed by atoms with Gasteiger partial charge in [-0.05, 0) is 61.2 Å². The van der Waals surface area contributed by atoms with Gasteiger partial charge in [0.2, 0.25) is 11.8 Å². The molecular weight excluding hydrogens is 450 g/mol. The van der Waals surface area contributed by atoms with Gasteiger partial charge in [-0.15, -0.1) is 0 Å². The third-order valence-electron chi connectivity index (χ3n) is 6.58. The maximum Gasteiger partial charge on any atom is 0.328 e. The van der Waals surface area contributed by atoms with E-state index in [-0.39, 0.29) is 18.2 Å². The summed E-state index contributed by atoms with van der Waals surface area (Å²) in [6.07, 6.45) is 1.88. The van der Waals surface area contributed by atoms with Gasteiger partial charge in [0, 0.05) is 17.5 Å². The Bertz CT molecular complexity index is 1130. The number of nitrogens with one attached hydrogen (secondary N) is 3. The summed E-state index contributed by atoms with van der Waals surface area (Å²) < 4.78 is 16.2. The highest BCUT2D eigenvalue weighted by Crippen LogP contribution is 2.39. The highest BCUT2D eigenvalue weighted by atomic mass is 16.5. The molecule has 1 fully saturated rings. The average molecular weight is 482 g/mol. The van der Waals surface area contributed by atoms with Crippen LogP contribution in [0.2, 0.25) is 0 Å². The molecule has 2 amide bonds. The second-order valence-corrected chi connectivity index (χ2v) is 8.83. The molecule has 4 bridgehead atoms. The van der Waals surface area contributed by atoms with E-state index >= 15 is 0 Å². The fourth-order valence-corrected chi connectivity index (χ4v) is 4.55. The number of esters is 1. The Morgan fingerprint density at radius 3 is 2.17 bits per heavy atom. The number of likely N-dealkylation sites (N-methyl/N-ethyl adjacent to an activating group) is 1. The van der Waals surface area contributed by atoms with Gasteiger partial charge in [0.05, 0.1) is 21.3 Å². The lowest BCUT2D eigenvalue weighted by Gasteiger charge is -2.26. The normalized spacial score (nSPS) is 22.3. The van der Waals surface area contributed by atoms with Crippen molar-refractivity contribution in [3.05, 3.63) is 47.5 Å². The lowest BCUT2D eigenvalue weighted by molar-refractivity contribution is -0.145. The predicted octanol–water partition coefficient (Wildman–Crippen LogP) is 1.74. The Labute approximate surface area is 204 Å². The summed E-state index contributed by atoms with van der Waals surface area (Å²) in [4.78, 5) is 39.2. The summed E-state index contributed by atoms with van der Waals surface area (Å²) in [5.74, 6) is -0.0390. The summed E-state index contributed by atoms with van der Waals surface area (Å²) in [5, 5.41) is 8.77. The number of hydrogen-bond donors (Lipinski definition) is 3. The first-order valence-corrected chi connectivity index (χ1v) is 11.6. The van der Waals surface area contributed by atoms with E-state index in [2.05, 4.69) is 16.0 Å². The number of carbonyl (C=O) groups excluding carboxylic acids is 3. The number of ether oxygens (including phenoxy) is 3.